The number of amides is 2. The fourth-order valence-electron chi connectivity index (χ4n) is 2.88. The first-order valence-electron chi connectivity index (χ1n) is 9.38. The van der Waals surface area contributed by atoms with Crippen molar-refractivity contribution in [3.05, 3.63) is 53.1 Å². The van der Waals surface area contributed by atoms with Gasteiger partial charge in [-0.15, -0.1) is 0 Å². The standard InChI is InChI=1S/C22H28N2O4/c1-6-27-18-12-11-17(13-19(18)28-7-2)22(26)24(5)14-20(25)23-21-15(3)9-8-10-16(21)4/h8-13H,6-7,14H2,1-5H3,(H,23,25). The predicted octanol–water partition coefficient (Wildman–Crippen LogP) is 3.81. The number of benzene rings is 2. The molecule has 0 fully saturated rings. The molecule has 28 heavy (non-hydrogen) atoms. The molecule has 2 amide bonds. The SMILES string of the molecule is CCOc1ccc(C(=O)N(C)CC(=O)Nc2c(C)cccc2C)cc1OCC. The van der Waals surface area contributed by atoms with Crippen molar-refractivity contribution >= 4 is 17.5 Å². The van der Waals surface area contributed by atoms with Crippen molar-refractivity contribution < 1.29 is 19.1 Å². The van der Waals surface area contributed by atoms with E-state index in [-0.39, 0.29) is 18.4 Å². The first kappa shape index (κ1) is 21.3. The number of para-hydroxylation sites is 1. The van der Waals surface area contributed by atoms with Crippen molar-refractivity contribution in [1.29, 1.82) is 0 Å². The van der Waals surface area contributed by atoms with Crippen LogP contribution < -0.4 is 14.8 Å². The minimum Gasteiger partial charge on any atom is -0.490 e. The van der Waals surface area contributed by atoms with Crippen LogP contribution in [0.3, 0.4) is 0 Å². The van der Waals surface area contributed by atoms with Crippen LogP contribution in [-0.4, -0.2) is 43.5 Å². The quantitative estimate of drug-likeness (QED) is 0.751. The molecule has 0 bridgehead atoms. The summed E-state index contributed by atoms with van der Waals surface area (Å²) >= 11 is 0. The Hall–Kier alpha value is -3.02. The van der Waals surface area contributed by atoms with E-state index in [1.54, 1.807) is 25.2 Å². The molecule has 0 aromatic heterocycles. The third-order valence-corrected chi connectivity index (χ3v) is 4.26. The number of hydrogen-bond acceptors (Lipinski definition) is 4. The van der Waals surface area contributed by atoms with Gasteiger partial charge in [-0.25, -0.2) is 0 Å². The van der Waals surface area contributed by atoms with Crippen LogP contribution in [0.25, 0.3) is 0 Å². The van der Waals surface area contributed by atoms with Crippen LogP contribution in [0.1, 0.15) is 35.3 Å². The number of carbonyl (C=O) groups excluding carboxylic acids is 2. The Morgan fingerprint density at radius 1 is 0.964 bits per heavy atom. The Labute approximate surface area is 166 Å². The molecule has 0 atom stereocenters. The molecule has 0 aliphatic carbocycles. The number of carbonyl (C=O) groups is 2. The molecule has 6 nitrogen and oxygen atoms in total. The number of rotatable bonds is 8. The lowest BCUT2D eigenvalue weighted by Gasteiger charge is -2.19. The highest BCUT2D eigenvalue weighted by Gasteiger charge is 2.18. The summed E-state index contributed by atoms with van der Waals surface area (Å²) in [7, 11) is 1.60. The maximum absolute atomic E-state index is 12.7. The summed E-state index contributed by atoms with van der Waals surface area (Å²) in [6, 6.07) is 10.9. The van der Waals surface area contributed by atoms with Crippen LogP contribution in [0.4, 0.5) is 5.69 Å². The molecule has 6 heteroatoms. The van der Waals surface area contributed by atoms with Crippen LogP contribution in [0.2, 0.25) is 0 Å². The van der Waals surface area contributed by atoms with Crippen LogP contribution in [-0.2, 0) is 4.79 Å². The Balaban J connectivity index is 2.09. The highest BCUT2D eigenvalue weighted by Crippen LogP contribution is 2.29. The summed E-state index contributed by atoms with van der Waals surface area (Å²) < 4.78 is 11.1. The summed E-state index contributed by atoms with van der Waals surface area (Å²) in [6.07, 6.45) is 0. The topological polar surface area (TPSA) is 67.9 Å². The molecule has 0 saturated carbocycles. The van der Waals surface area contributed by atoms with E-state index in [0.717, 1.165) is 16.8 Å². The van der Waals surface area contributed by atoms with Gasteiger partial charge in [-0.2, -0.15) is 0 Å². The van der Waals surface area contributed by atoms with E-state index in [0.29, 0.717) is 30.3 Å². The van der Waals surface area contributed by atoms with Crippen molar-refractivity contribution in [2.45, 2.75) is 27.7 Å². The minimum atomic E-state index is -0.263. The van der Waals surface area contributed by atoms with Gasteiger partial charge in [0, 0.05) is 18.3 Å². The van der Waals surface area contributed by atoms with Gasteiger partial charge in [0.15, 0.2) is 11.5 Å². The summed E-state index contributed by atoms with van der Waals surface area (Å²) in [6.45, 7) is 8.55. The predicted molar refractivity (Wildman–Crippen MR) is 110 cm³/mol. The van der Waals surface area contributed by atoms with Crippen molar-refractivity contribution in [2.24, 2.45) is 0 Å². The van der Waals surface area contributed by atoms with E-state index in [9.17, 15) is 9.59 Å². The second-order valence-electron chi connectivity index (χ2n) is 6.50. The van der Waals surface area contributed by atoms with Gasteiger partial charge in [-0.3, -0.25) is 9.59 Å². The van der Waals surface area contributed by atoms with Crippen molar-refractivity contribution in [2.75, 3.05) is 32.1 Å². The van der Waals surface area contributed by atoms with Crippen LogP contribution in [0, 0.1) is 13.8 Å². The highest BCUT2D eigenvalue weighted by atomic mass is 16.5. The molecule has 0 radical (unpaired) electrons. The number of ether oxygens (including phenoxy) is 2. The van der Waals surface area contributed by atoms with Gasteiger partial charge in [0.2, 0.25) is 5.91 Å². The second-order valence-corrected chi connectivity index (χ2v) is 6.50. The summed E-state index contributed by atoms with van der Waals surface area (Å²) in [5.74, 6) is 0.602. The normalized spacial score (nSPS) is 10.3. The molecule has 2 aromatic rings. The maximum atomic E-state index is 12.7. The fourth-order valence-corrected chi connectivity index (χ4v) is 2.88. The molecule has 0 heterocycles. The van der Waals surface area contributed by atoms with Crippen molar-refractivity contribution in [3.8, 4) is 11.5 Å². The summed E-state index contributed by atoms with van der Waals surface area (Å²) in [5, 5.41) is 2.90. The molecule has 2 aromatic carbocycles. The molecule has 0 aliphatic heterocycles. The first-order valence-corrected chi connectivity index (χ1v) is 9.38. The number of anilines is 1. The van der Waals surface area contributed by atoms with Crippen LogP contribution >= 0.6 is 0 Å². The zero-order valence-electron chi connectivity index (χ0n) is 17.2. The van der Waals surface area contributed by atoms with E-state index in [1.807, 2.05) is 45.9 Å². The average Bonchev–Trinajstić information content (AvgIpc) is 2.66. The minimum absolute atomic E-state index is 0.0518. The van der Waals surface area contributed by atoms with Crippen LogP contribution in [0.5, 0.6) is 11.5 Å². The Morgan fingerprint density at radius 3 is 2.18 bits per heavy atom. The monoisotopic (exact) mass is 384 g/mol. The van der Waals surface area contributed by atoms with Gasteiger partial charge in [-0.05, 0) is 57.0 Å². The molecule has 2 rings (SSSR count). The summed E-state index contributed by atoms with van der Waals surface area (Å²) in [5.41, 5.74) is 3.19. The average molecular weight is 384 g/mol. The van der Waals surface area contributed by atoms with E-state index >= 15 is 0 Å². The van der Waals surface area contributed by atoms with E-state index in [2.05, 4.69) is 5.32 Å². The van der Waals surface area contributed by atoms with Crippen molar-refractivity contribution in [3.63, 3.8) is 0 Å². The molecule has 0 saturated heterocycles. The fraction of sp³-hybridized carbons (Fsp3) is 0.364. The molecule has 1 N–H and O–H groups in total. The van der Waals surface area contributed by atoms with Gasteiger partial charge in [0.1, 0.15) is 0 Å². The number of nitrogens with one attached hydrogen (secondary N) is 1. The Morgan fingerprint density at radius 2 is 1.57 bits per heavy atom. The van der Waals surface area contributed by atoms with E-state index in [1.165, 1.54) is 4.90 Å². The number of hydrogen-bond donors (Lipinski definition) is 1. The van der Waals surface area contributed by atoms with Gasteiger partial charge >= 0.3 is 0 Å². The lowest BCUT2D eigenvalue weighted by atomic mass is 10.1. The number of nitrogens with zero attached hydrogens (tertiary/aromatic N) is 1. The molecule has 0 spiro atoms. The molecular weight excluding hydrogens is 356 g/mol. The maximum Gasteiger partial charge on any atom is 0.254 e. The second kappa shape index (κ2) is 9.78. The largest absolute Gasteiger partial charge is 0.490 e. The van der Waals surface area contributed by atoms with Crippen LogP contribution in [0.15, 0.2) is 36.4 Å². The molecule has 0 aliphatic rings. The van der Waals surface area contributed by atoms with Gasteiger partial charge in [0.05, 0.1) is 19.8 Å². The molecule has 150 valence electrons. The number of aryl methyl sites for hydroxylation is 2. The van der Waals surface area contributed by atoms with Gasteiger partial charge in [-0.1, -0.05) is 18.2 Å². The molecular formula is C22H28N2O4. The van der Waals surface area contributed by atoms with E-state index in [4.69, 9.17) is 9.47 Å². The van der Waals surface area contributed by atoms with E-state index < -0.39 is 0 Å². The lowest BCUT2D eigenvalue weighted by Crippen LogP contribution is -2.35. The Kier molecular flexibility index (Phi) is 7.44. The van der Waals surface area contributed by atoms with Crippen molar-refractivity contribution in [1.82, 2.24) is 4.90 Å². The zero-order valence-corrected chi connectivity index (χ0v) is 17.2. The third-order valence-electron chi connectivity index (χ3n) is 4.26. The highest BCUT2D eigenvalue weighted by molar-refractivity contribution is 6.00. The number of likely N-dealkylation sites (N-methyl/N-ethyl adjacent to an activating group) is 1. The summed E-state index contributed by atoms with van der Waals surface area (Å²) in [4.78, 5) is 26.5. The third kappa shape index (κ3) is 5.25. The first-order chi connectivity index (χ1) is 13.4. The smallest absolute Gasteiger partial charge is 0.254 e. The lowest BCUT2D eigenvalue weighted by molar-refractivity contribution is -0.116. The van der Waals surface area contributed by atoms with Gasteiger partial charge in [0.25, 0.3) is 5.91 Å². The van der Waals surface area contributed by atoms with Gasteiger partial charge < -0.3 is 19.7 Å². The Bertz CT molecular complexity index is 828. The molecule has 0 unspecified atom stereocenters. The zero-order chi connectivity index (χ0) is 20.7.